The molecule has 1 rings (SSSR count). The van der Waals surface area contributed by atoms with Crippen LogP contribution in [0.1, 0.15) is 46.5 Å². The predicted octanol–water partition coefficient (Wildman–Crippen LogP) is 1.87. The van der Waals surface area contributed by atoms with Crippen molar-refractivity contribution in [1.82, 2.24) is 10.6 Å². The summed E-state index contributed by atoms with van der Waals surface area (Å²) in [5.41, 5.74) is 0. The second kappa shape index (κ2) is 9.59. The average Bonchev–Trinajstić information content (AvgIpc) is 2.32. The van der Waals surface area contributed by atoms with Crippen LogP contribution >= 0.6 is 12.4 Å². The summed E-state index contributed by atoms with van der Waals surface area (Å²) in [6, 6.07) is 0.601. The van der Waals surface area contributed by atoms with Crippen LogP contribution in [0.25, 0.3) is 0 Å². The van der Waals surface area contributed by atoms with Crippen LogP contribution in [-0.4, -0.2) is 37.2 Å². The van der Waals surface area contributed by atoms with Crippen LogP contribution in [0.15, 0.2) is 0 Å². The number of amides is 1. The van der Waals surface area contributed by atoms with Gasteiger partial charge in [0.25, 0.3) is 0 Å². The number of carbonyl (C=O) groups excluding carboxylic acids is 1. The van der Waals surface area contributed by atoms with E-state index in [4.69, 9.17) is 4.74 Å². The second-order valence-corrected chi connectivity index (χ2v) is 4.87. The molecule has 0 aliphatic carbocycles. The molecule has 0 aromatic heterocycles. The van der Waals surface area contributed by atoms with Gasteiger partial charge in [0.15, 0.2) is 0 Å². The average molecular weight is 279 g/mol. The Morgan fingerprint density at radius 2 is 2.28 bits per heavy atom. The molecule has 2 N–H and O–H groups in total. The Labute approximate surface area is 117 Å². The summed E-state index contributed by atoms with van der Waals surface area (Å²) in [5, 5.41) is 6.44. The molecule has 0 radical (unpaired) electrons. The van der Waals surface area contributed by atoms with Gasteiger partial charge < -0.3 is 15.4 Å². The summed E-state index contributed by atoms with van der Waals surface area (Å²) in [6.45, 7) is 7.78. The van der Waals surface area contributed by atoms with Crippen LogP contribution in [0.5, 0.6) is 0 Å². The maximum Gasteiger partial charge on any atom is 0.249 e. The summed E-state index contributed by atoms with van der Waals surface area (Å²) in [5.74, 6) is 0.0154. The Balaban J connectivity index is 0.00000289. The van der Waals surface area contributed by atoms with Crippen molar-refractivity contribution in [2.24, 2.45) is 0 Å². The minimum Gasteiger partial charge on any atom is -0.369 e. The molecule has 4 nitrogen and oxygen atoms in total. The van der Waals surface area contributed by atoms with Crippen LogP contribution in [0.4, 0.5) is 0 Å². The second-order valence-electron chi connectivity index (χ2n) is 4.87. The zero-order valence-corrected chi connectivity index (χ0v) is 12.5. The van der Waals surface area contributed by atoms with E-state index in [0.29, 0.717) is 12.6 Å². The van der Waals surface area contributed by atoms with E-state index in [1.807, 2.05) is 6.92 Å². The normalized spacial score (nSPS) is 25.1. The number of unbranched alkanes of at least 4 members (excludes halogenated alkanes) is 1. The van der Waals surface area contributed by atoms with Gasteiger partial charge in [-0.2, -0.15) is 0 Å². The van der Waals surface area contributed by atoms with Crippen LogP contribution in [0.3, 0.4) is 0 Å². The van der Waals surface area contributed by atoms with Gasteiger partial charge in [-0.25, -0.2) is 0 Å². The van der Waals surface area contributed by atoms with Gasteiger partial charge in [-0.05, 0) is 39.7 Å². The van der Waals surface area contributed by atoms with E-state index in [1.165, 1.54) is 0 Å². The zero-order chi connectivity index (χ0) is 12.7. The van der Waals surface area contributed by atoms with Crippen molar-refractivity contribution < 1.29 is 9.53 Å². The molecule has 1 heterocycles. The minimum absolute atomic E-state index is 0. The van der Waals surface area contributed by atoms with Crippen molar-refractivity contribution >= 4 is 18.3 Å². The molecule has 0 aromatic carbocycles. The van der Waals surface area contributed by atoms with Gasteiger partial charge in [0.1, 0.15) is 6.10 Å². The lowest BCUT2D eigenvalue weighted by Gasteiger charge is -2.31. The van der Waals surface area contributed by atoms with Gasteiger partial charge in [-0.1, -0.05) is 13.3 Å². The molecule has 1 amide bonds. The molecular weight excluding hydrogens is 252 g/mol. The summed E-state index contributed by atoms with van der Waals surface area (Å²) in [6.07, 6.45) is 3.95. The molecule has 1 saturated heterocycles. The largest absolute Gasteiger partial charge is 0.369 e. The summed E-state index contributed by atoms with van der Waals surface area (Å²) in [4.78, 5) is 11.9. The highest BCUT2D eigenvalue weighted by Gasteiger charge is 2.24. The number of rotatable bonds is 6. The third-order valence-corrected chi connectivity index (χ3v) is 3.32. The first-order valence-corrected chi connectivity index (χ1v) is 6.80. The maximum absolute atomic E-state index is 11.9. The first-order chi connectivity index (χ1) is 8.15. The third kappa shape index (κ3) is 6.03. The summed E-state index contributed by atoms with van der Waals surface area (Å²) < 4.78 is 5.49. The summed E-state index contributed by atoms with van der Waals surface area (Å²) in [7, 11) is 0. The van der Waals surface area contributed by atoms with Crippen LogP contribution < -0.4 is 10.6 Å². The highest BCUT2D eigenvalue weighted by Crippen LogP contribution is 2.08. The zero-order valence-electron chi connectivity index (χ0n) is 11.7. The van der Waals surface area contributed by atoms with Gasteiger partial charge in [0, 0.05) is 18.7 Å². The number of halogens is 1. The van der Waals surface area contributed by atoms with Crippen molar-refractivity contribution in [2.75, 3.05) is 13.2 Å². The lowest BCUT2D eigenvalue weighted by molar-refractivity contribution is -0.132. The molecular formula is C13H27ClN2O2. The lowest BCUT2D eigenvalue weighted by atomic mass is 10.00. The Morgan fingerprint density at radius 1 is 1.56 bits per heavy atom. The number of carbonyl (C=O) groups is 1. The first kappa shape index (κ1) is 17.7. The third-order valence-electron chi connectivity index (χ3n) is 3.32. The molecule has 0 aromatic rings. The fraction of sp³-hybridized carbons (Fsp3) is 0.923. The molecule has 1 aliphatic heterocycles. The van der Waals surface area contributed by atoms with E-state index in [2.05, 4.69) is 24.5 Å². The molecule has 1 fully saturated rings. The van der Waals surface area contributed by atoms with E-state index in [1.54, 1.807) is 0 Å². The maximum atomic E-state index is 11.9. The van der Waals surface area contributed by atoms with Crippen molar-refractivity contribution in [2.45, 2.75) is 64.6 Å². The number of piperidine rings is 1. The minimum atomic E-state index is -0.337. The van der Waals surface area contributed by atoms with Gasteiger partial charge >= 0.3 is 0 Å². The van der Waals surface area contributed by atoms with Crippen LogP contribution in [-0.2, 0) is 9.53 Å². The molecule has 0 spiro atoms. The van der Waals surface area contributed by atoms with E-state index < -0.39 is 0 Å². The van der Waals surface area contributed by atoms with E-state index in [9.17, 15) is 4.79 Å². The van der Waals surface area contributed by atoms with Gasteiger partial charge in [-0.3, -0.25) is 4.79 Å². The highest BCUT2D eigenvalue weighted by molar-refractivity contribution is 5.85. The predicted molar refractivity (Wildman–Crippen MR) is 76.2 cm³/mol. The summed E-state index contributed by atoms with van der Waals surface area (Å²) >= 11 is 0. The molecule has 108 valence electrons. The standard InChI is InChI=1S/C13H26N2O2.ClH/c1-4-5-9-17-11(3)13(16)15-12-7-6-8-14-10(12)2;/h10-12,14H,4-9H2,1-3H3,(H,15,16);1H. The van der Waals surface area contributed by atoms with E-state index in [0.717, 1.165) is 32.2 Å². The Kier molecular flexibility index (Phi) is 9.42. The fourth-order valence-corrected chi connectivity index (χ4v) is 2.02. The molecule has 0 saturated carbocycles. The highest BCUT2D eigenvalue weighted by atomic mass is 35.5. The monoisotopic (exact) mass is 278 g/mol. The molecule has 1 aliphatic rings. The van der Waals surface area contributed by atoms with Crippen LogP contribution in [0.2, 0.25) is 0 Å². The van der Waals surface area contributed by atoms with Crippen molar-refractivity contribution in [1.29, 1.82) is 0 Å². The number of hydrogen-bond donors (Lipinski definition) is 2. The number of ether oxygens (including phenoxy) is 1. The Bertz CT molecular complexity index is 239. The lowest BCUT2D eigenvalue weighted by Crippen LogP contribution is -2.53. The van der Waals surface area contributed by atoms with E-state index >= 15 is 0 Å². The fourth-order valence-electron chi connectivity index (χ4n) is 2.02. The van der Waals surface area contributed by atoms with Gasteiger partial charge in [0.05, 0.1) is 0 Å². The Morgan fingerprint density at radius 3 is 2.89 bits per heavy atom. The SMILES string of the molecule is CCCCOC(C)C(=O)NC1CCCNC1C.Cl. The molecule has 3 unspecified atom stereocenters. The topological polar surface area (TPSA) is 50.4 Å². The van der Waals surface area contributed by atoms with Crippen LogP contribution in [0, 0.1) is 0 Å². The molecule has 3 atom stereocenters. The molecule has 18 heavy (non-hydrogen) atoms. The smallest absolute Gasteiger partial charge is 0.249 e. The first-order valence-electron chi connectivity index (χ1n) is 6.80. The van der Waals surface area contributed by atoms with E-state index in [-0.39, 0.29) is 30.5 Å². The Hall–Kier alpha value is -0.320. The van der Waals surface area contributed by atoms with Crippen molar-refractivity contribution in [3.05, 3.63) is 0 Å². The number of nitrogens with one attached hydrogen (secondary N) is 2. The van der Waals surface area contributed by atoms with Crippen molar-refractivity contribution in [3.8, 4) is 0 Å². The van der Waals surface area contributed by atoms with Gasteiger partial charge in [0.2, 0.25) is 5.91 Å². The molecule has 0 bridgehead atoms. The molecule has 5 heteroatoms. The van der Waals surface area contributed by atoms with Gasteiger partial charge in [-0.15, -0.1) is 12.4 Å². The number of hydrogen-bond acceptors (Lipinski definition) is 3. The van der Waals surface area contributed by atoms with Crippen molar-refractivity contribution in [3.63, 3.8) is 0 Å². The quantitative estimate of drug-likeness (QED) is 0.730.